The summed E-state index contributed by atoms with van der Waals surface area (Å²) < 4.78 is 11.1. The number of ether oxygens (including phenoxy) is 2. The number of likely N-dealkylation sites (N-methyl/N-ethyl adjacent to an activating group) is 1. The molecule has 0 bridgehead atoms. The van der Waals surface area contributed by atoms with Gasteiger partial charge in [0, 0.05) is 18.7 Å². The van der Waals surface area contributed by atoms with Gasteiger partial charge in [0.2, 0.25) is 0 Å². The zero-order chi connectivity index (χ0) is 27.4. The third-order valence-electron chi connectivity index (χ3n) is 6.46. The highest BCUT2D eigenvalue weighted by Gasteiger charge is 2.46. The molecule has 3 aromatic carbocycles. The third-order valence-corrected chi connectivity index (χ3v) is 6.46. The molecule has 1 heterocycles. The highest BCUT2D eigenvalue weighted by Crippen LogP contribution is 2.41. The first-order chi connectivity index (χ1) is 18.2. The number of carbonyl (C=O) groups excluding carboxylic acids is 2. The van der Waals surface area contributed by atoms with Gasteiger partial charge in [-0.1, -0.05) is 35.9 Å². The Labute approximate surface area is 222 Å². The molecule has 1 aliphatic rings. The molecule has 4 rings (SSSR count). The normalized spacial score (nSPS) is 16.8. The fraction of sp³-hybridized carbons (Fsp3) is 0.267. The number of rotatable bonds is 9. The summed E-state index contributed by atoms with van der Waals surface area (Å²) in [5.41, 5.74) is 3.09. The van der Waals surface area contributed by atoms with Gasteiger partial charge in [-0.3, -0.25) is 9.59 Å². The molecule has 0 saturated carbocycles. The smallest absolute Gasteiger partial charge is 0.295 e. The average molecular weight is 517 g/mol. The summed E-state index contributed by atoms with van der Waals surface area (Å²) in [6.45, 7) is 3.21. The number of nitrogens with zero attached hydrogens (tertiary/aromatic N) is 2. The maximum absolute atomic E-state index is 13.2. The van der Waals surface area contributed by atoms with Crippen LogP contribution in [0.3, 0.4) is 0 Å². The lowest BCUT2D eigenvalue weighted by molar-refractivity contribution is -0.140. The van der Waals surface area contributed by atoms with Gasteiger partial charge in [-0.15, -0.1) is 0 Å². The van der Waals surface area contributed by atoms with E-state index in [9.17, 15) is 19.8 Å². The lowest BCUT2D eigenvalue weighted by Crippen LogP contribution is -2.35. The number of Topliss-reactive ketones (excluding diaryl/α,β-unsaturated/α-hetero) is 1. The second-order valence-electron chi connectivity index (χ2n) is 9.53. The summed E-state index contributed by atoms with van der Waals surface area (Å²) in [7, 11) is 5.17. The number of methoxy groups -OCH3 is 1. The average Bonchev–Trinajstić information content (AvgIpc) is 3.16. The van der Waals surface area contributed by atoms with Crippen molar-refractivity contribution in [1.29, 1.82) is 0 Å². The van der Waals surface area contributed by atoms with E-state index >= 15 is 0 Å². The van der Waals surface area contributed by atoms with Crippen molar-refractivity contribution in [2.24, 2.45) is 0 Å². The Balaban J connectivity index is 1.68. The van der Waals surface area contributed by atoms with Crippen LogP contribution in [0.2, 0.25) is 0 Å². The van der Waals surface area contributed by atoms with E-state index in [0.717, 1.165) is 11.1 Å². The molecule has 8 heteroatoms. The van der Waals surface area contributed by atoms with Crippen LogP contribution in [0, 0.1) is 6.92 Å². The standard InChI is InChI=1S/C30H32N2O6/c1-19-6-5-7-20(16-19)18-38-23-11-8-21(9-12-23)28(34)26-27(22-10-13-24(33)25(17-22)37-4)32(15-14-31(2)3)30(36)29(26)35/h5-13,16-17,27,33-34H,14-15,18H2,1-4H3/t27-/m0/s1. The Bertz CT molecular complexity index is 1360. The van der Waals surface area contributed by atoms with Crippen molar-refractivity contribution in [3.63, 3.8) is 0 Å². The van der Waals surface area contributed by atoms with Crippen LogP contribution in [0.5, 0.6) is 17.2 Å². The van der Waals surface area contributed by atoms with Crippen molar-refractivity contribution >= 4 is 17.4 Å². The van der Waals surface area contributed by atoms with Crippen molar-refractivity contribution in [3.8, 4) is 17.2 Å². The number of aryl methyl sites for hydroxylation is 1. The number of hydrogen-bond donors (Lipinski definition) is 2. The number of benzene rings is 3. The lowest BCUT2D eigenvalue weighted by Gasteiger charge is -2.27. The molecule has 0 unspecified atom stereocenters. The van der Waals surface area contributed by atoms with E-state index < -0.39 is 17.7 Å². The molecular weight excluding hydrogens is 484 g/mol. The fourth-order valence-corrected chi connectivity index (χ4v) is 4.46. The van der Waals surface area contributed by atoms with Gasteiger partial charge in [0.05, 0.1) is 18.7 Å². The van der Waals surface area contributed by atoms with Gasteiger partial charge in [0.15, 0.2) is 11.5 Å². The predicted molar refractivity (Wildman–Crippen MR) is 144 cm³/mol. The molecular formula is C30H32N2O6. The highest BCUT2D eigenvalue weighted by molar-refractivity contribution is 6.46. The van der Waals surface area contributed by atoms with Crippen LogP contribution in [-0.4, -0.2) is 66.0 Å². The first-order valence-electron chi connectivity index (χ1n) is 12.3. The van der Waals surface area contributed by atoms with Crippen LogP contribution in [0.4, 0.5) is 0 Å². The molecule has 0 aliphatic carbocycles. The summed E-state index contributed by atoms with van der Waals surface area (Å²) >= 11 is 0. The van der Waals surface area contributed by atoms with Gasteiger partial charge < -0.3 is 29.5 Å². The number of phenolic OH excluding ortho intramolecular Hbond substituents is 1. The monoisotopic (exact) mass is 516 g/mol. The number of amides is 1. The Morgan fingerprint density at radius 2 is 1.76 bits per heavy atom. The Hall–Kier alpha value is -4.30. The van der Waals surface area contributed by atoms with Gasteiger partial charge in [-0.25, -0.2) is 0 Å². The van der Waals surface area contributed by atoms with Crippen LogP contribution in [0.1, 0.15) is 28.3 Å². The second-order valence-corrected chi connectivity index (χ2v) is 9.53. The van der Waals surface area contributed by atoms with E-state index in [2.05, 4.69) is 0 Å². The molecule has 1 amide bonds. The number of hydrogen-bond acceptors (Lipinski definition) is 7. The Kier molecular flexibility index (Phi) is 8.02. The zero-order valence-corrected chi connectivity index (χ0v) is 22.0. The summed E-state index contributed by atoms with van der Waals surface area (Å²) in [5, 5.41) is 21.4. The number of ketones is 1. The molecule has 1 atom stereocenters. The van der Waals surface area contributed by atoms with Gasteiger partial charge in [0.1, 0.15) is 18.1 Å². The summed E-state index contributed by atoms with van der Waals surface area (Å²) in [6.07, 6.45) is 0. The second kappa shape index (κ2) is 11.4. The van der Waals surface area contributed by atoms with Gasteiger partial charge in [-0.2, -0.15) is 0 Å². The van der Waals surface area contributed by atoms with E-state index in [4.69, 9.17) is 9.47 Å². The van der Waals surface area contributed by atoms with Gasteiger partial charge in [0.25, 0.3) is 11.7 Å². The number of aliphatic hydroxyl groups is 1. The molecule has 8 nitrogen and oxygen atoms in total. The summed E-state index contributed by atoms with van der Waals surface area (Å²) in [4.78, 5) is 29.6. The van der Waals surface area contributed by atoms with Crippen LogP contribution in [0.15, 0.2) is 72.3 Å². The van der Waals surface area contributed by atoms with Crippen LogP contribution >= 0.6 is 0 Å². The van der Waals surface area contributed by atoms with E-state index in [1.165, 1.54) is 18.1 Å². The minimum Gasteiger partial charge on any atom is -0.507 e. The molecule has 198 valence electrons. The molecule has 1 fully saturated rings. The van der Waals surface area contributed by atoms with E-state index in [1.54, 1.807) is 36.4 Å². The number of likely N-dealkylation sites (tertiary alicyclic amines) is 1. The maximum atomic E-state index is 13.2. The fourth-order valence-electron chi connectivity index (χ4n) is 4.46. The lowest BCUT2D eigenvalue weighted by atomic mass is 9.95. The minimum absolute atomic E-state index is 0.0186. The van der Waals surface area contributed by atoms with E-state index in [0.29, 0.717) is 30.0 Å². The maximum Gasteiger partial charge on any atom is 0.295 e. The van der Waals surface area contributed by atoms with E-state index in [-0.39, 0.29) is 29.4 Å². The van der Waals surface area contributed by atoms with Crippen LogP contribution in [-0.2, 0) is 16.2 Å². The minimum atomic E-state index is -0.846. The molecule has 1 aliphatic heterocycles. The van der Waals surface area contributed by atoms with Crippen molar-refractivity contribution < 1.29 is 29.3 Å². The molecule has 0 radical (unpaired) electrons. The van der Waals surface area contributed by atoms with Gasteiger partial charge >= 0.3 is 0 Å². The first-order valence-corrected chi connectivity index (χ1v) is 12.3. The van der Waals surface area contributed by atoms with Crippen LogP contribution < -0.4 is 9.47 Å². The summed E-state index contributed by atoms with van der Waals surface area (Å²) in [5.74, 6) is -0.993. The van der Waals surface area contributed by atoms with Crippen LogP contribution in [0.25, 0.3) is 5.76 Å². The van der Waals surface area contributed by atoms with Crippen molar-refractivity contribution in [2.75, 3.05) is 34.3 Å². The number of carbonyl (C=O) groups is 2. The quantitative estimate of drug-likeness (QED) is 0.249. The SMILES string of the molecule is COc1cc([C@H]2C(=C(O)c3ccc(OCc4cccc(C)c4)cc3)C(=O)C(=O)N2CCN(C)C)ccc1O. The van der Waals surface area contributed by atoms with Crippen molar-refractivity contribution in [2.45, 2.75) is 19.6 Å². The number of phenols is 1. The largest absolute Gasteiger partial charge is 0.507 e. The zero-order valence-electron chi connectivity index (χ0n) is 22.0. The number of aromatic hydroxyl groups is 1. The third kappa shape index (κ3) is 5.65. The summed E-state index contributed by atoms with van der Waals surface area (Å²) in [6, 6.07) is 18.6. The highest BCUT2D eigenvalue weighted by atomic mass is 16.5. The molecule has 3 aromatic rings. The Morgan fingerprint density at radius 1 is 1.03 bits per heavy atom. The topological polar surface area (TPSA) is 99.5 Å². The molecule has 2 N–H and O–H groups in total. The number of aliphatic hydroxyl groups excluding tert-OH is 1. The van der Waals surface area contributed by atoms with Crippen molar-refractivity contribution in [1.82, 2.24) is 9.80 Å². The molecule has 38 heavy (non-hydrogen) atoms. The Morgan fingerprint density at radius 3 is 2.42 bits per heavy atom. The molecule has 1 saturated heterocycles. The van der Waals surface area contributed by atoms with E-state index in [1.807, 2.05) is 50.2 Å². The predicted octanol–water partition coefficient (Wildman–Crippen LogP) is 4.27. The molecule has 0 spiro atoms. The van der Waals surface area contributed by atoms with Crippen molar-refractivity contribution in [3.05, 3.63) is 94.6 Å². The molecule has 0 aromatic heterocycles. The first kappa shape index (κ1) is 26.8. The van der Waals surface area contributed by atoms with Gasteiger partial charge in [-0.05, 0) is 68.5 Å².